The van der Waals surface area contributed by atoms with Crippen LogP contribution in [-0.4, -0.2) is 42.1 Å². The highest BCUT2D eigenvalue weighted by molar-refractivity contribution is 5.97. The fourth-order valence-corrected chi connectivity index (χ4v) is 2.83. The molecule has 0 saturated heterocycles. The molecule has 1 heterocycles. The monoisotopic (exact) mass is 344 g/mol. The average molecular weight is 344 g/mol. The third-order valence-corrected chi connectivity index (χ3v) is 4.48. The molecule has 2 N–H and O–H groups in total. The van der Waals surface area contributed by atoms with Gasteiger partial charge in [-0.25, -0.2) is 5.43 Å². The van der Waals surface area contributed by atoms with Gasteiger partial charge in [-0.2, -0.15) is 5.10 Å². The third-order valence-electron chi connectivity index (χ3n) is 4.48. The molecule has 1 atom stereocenters. The first-order chi connectivity index (χ1) is 12.0. The van der Waals surface area contributed by atoms with E-state index < -0.39 is 0 Å². The maximum absolute atomic E-state index is 12.2. The normalized spacial score (nSPS) is 16.5. The Labute approximate surface area is 149 Å². The van der Waals surface area contributed by atoms with Gasteiger partial charge < -0.3 is 5.32 Å². The molecule has 1 aromatic carbocycles. The van der Waals surface area contributed by atoms with Crippen molar-refractivity contribution in [2.75, 3.05) is 13.1 Å². The Hall–Kier alpha value is -2.21. The Balaban J connectivity index is 1.76. The van der Waals surface area contributed by atoms with Crippen molar-refractivity contribution in [1.29, 1.82) is 0 Å². The molecular formula is C19H28N4O2. The number of benzene rings is 1. The zero-order valence-corrected chi connectivity index (χ0v) is 15.3. The zero-order valence-electron chi connectivity index (χ0n) is 15.3. The smallest absolute Gasteiger partial charge is 0.251 e. The van der Waals surface area contributed by atoms with Crippen LogP contribution in [0.1, 0.15) is 49.5 Å². The Bertz CT molecular complexity index is 610. The van der Waals surface area contributed by atoms with Crippen LogP contribution in [0.15, 0.2) is 29.4 Å². The summed E-state index contributed by atoms with van der Waals surface area (Å²) in [6.45, 7) is 8.97. The molecule has 0 fully saturated rings. The molecule has 2 amide bonds. The Kier molecular flexibility index (Phi) is 7.13. The van der Waals surface area contributed by atoms with Gasteiger partial charge in [0, 0.05) is 30.9 Å². The zero-order chi connectivity index (χ0) is 18.2. The van der Waals surface area contributed by atoms with Crippen molar-refractivity contribution in [2.24, 2.45) is 11.0 Å². The van der Waals surface area contributed by atoms with Crippen LogP contribution in [0.25, 0.3) is 0 Å². The van der Waals surface area contributed by atoms with Crippen LogP contribution in [-0.2, 0) is 11.3 Å². The number of hydrogen-bond acceptors (Lipinski definition) is 4. The Morgan fingerprint density at radius 1 is 1.32 bits per heavy atom. The van der Waals surface area contributed by atoms with Crippen LogP contribution < -0.4 is 10.7 Å². The summed E-state index contributed by atoms with van der Waals surface area (Å²) in [4.78, 5) is 25.9. The molecule has 1 aliphatic heterocycles. The van der Waals surface area contributed by atoms with E-state index in [1.165, 1.54) is 5.56 Å². The van der Waals surface area contributed by atoms with Crippen molar-refractivity contribution in [2.45, 2.75) is 46.2 Å². The van der Waals surface area contributed by atoms with Crippen LogP contribution in [0.3, 0.4) is 0 Å². The lowest BCUT2D eigenvalue weighted by molar-refractivity contribution is -0.122. The van der Waals surface area contributed by atoms with Crippen molar-refractivity contribution < 1.29 is 9.59 Å². The van der Waals surface area contributed by atoms with E-state index in [0.717, 1.165) is 19.5 Å². The van der Waals surface area contributed by atoms with Gasteiger partial charge in [-0.05, 0) is 50.9 Å². The fourth-order valence-electron chi connectivity index (χ4n) is 2.83. The largest absolute Gasteiger partial charge is 0.352 e. The molecule has 1 aromatic rings. The van der Waals surface area contributed by atoms with E-state index in [-0.39, 0.29) is 17.7 Å². The molecule has 6 heteroatoms. The van der Waals surface area contributed by atoms with Crippen LogP contribution in [0, 0.1) is 5.92 Å². The maximum atomic E-state index is 12.2. The quantitative estimate of drug-likeness (QED) is 0.674. The third kappa shape index (κ3) is 5.67. The molecule has 0 spiro atoms. The summed E-state index contributed by atoms with van der Waals surface area (Å²) in [6.07, 6.45) is 3.06. The van der Waals surface area contributed by atoms with Crippen molar-refractivity contribution >= 4 is 18.0 Å². The summed E-state index contributed by atoms with van der Waals surface area (Å²) in [5, 5.41) is 6.64. The van der Waals surface area contributed by atoms with Crippen LogP contribution >= 0.6 is 0 Å². The van der Waals surface area contributed by atoms with E-state index in [2.05, 4.69) is 41.5 Å². The summed E-state index contributed by atoms with van der Waals surface area (Å²) in [5.41, 5.74) is 4.29. The highest BCUT2D eigenvalue weighted by Gasteiger charge is 2.19. The molecule has 1 unspecified atom stereocenters. The summed E-state index contributed by atoms with van der Waals surface area (Å²) in [7, 11) is 0. The predicted octanol–water partition coefficient (Wildman–Crippen LogP) is 2.16. The van der Waals surface area contributed by atoms with Gasteiger partial charge in [0.1, 0.15) is 0 Å². The van der Waals surface area contributed by atoms with Gasteiger partial charge in [0.05, 0.1) is 5.92 Å². The van der Waals surface area contributed by atoms with Crippen LogP contribution in [0.2, 0.25) is 0 Å². The number of carbonyl (C=O) groups excluding carboxylic acids is 2. The van der Waals surface area contributed by atoms with E-state index >= 15 is 0 Å². The van der Waals surface area contributed by atoms with Gasteiger partial charge in [0.15, 0.2) is 0 Å². The van der Waals surface area contributed by atoms with Gasteiger partial charge in [-0.3, -0.25) is 14.5 Å². The van der Waals surface area contributed by atoms with Gasteiger partial charge >= 0.3 is 0 Å². The predicted molar refractivity (Wildman–Crippen MR) is 99.4 cm³/mol. The molecule has 6 nitrogen and oxygen atoms in total. The van der Waals surface area contributed by atoms with E-state index in [4.69, 9.17) is 0 Å². The first-order valence-electron chi connectivity index (χ1n) is 8.95. The van der Waals surface area contributed by atoms with Gasteiger partial charge in [-0.1, -0.05) is 19.1 Å². The summed E-state index contributed by atoms with van der Waals surface area (Å²) < 4.78 is 0. The molecule has 1 aliphatic rings. The second-order valence-corrected chi connectivity index (χ2v) is 6.61. The van der Waals surface area contributed by atoms with E-state index in [9.17, 15) is 9.59 Å². The molecule has 0 aliphatic carbocycles. The maximum Gasteiger partial charge on any atom is 0.251 e. The molecule has 0 saturated carbocycles. The highest BCUT2D eigenvalue weighted by Crippen LogP contribution is 2.11. The standard InChI is InChI=1S/C19H28N4O2/c1-4-23(14(2)3)13-15-7-9-16(10-8-15)18(24)20-11-5-6-17-12-21-22-19(17)25/h7-10,12,14,17H,4-6,11,13H2,1-3H3,(H,20,24)(H,22,25). The SMILES string of the molecule is CCN(Cc1ccc(C(=O)NCCCC2C=NNC2=O)cc1)C(C)C. The number of rotatable bonds is 9. The van der Waals surface area contributed by atoms with Crippen LogP contribution in [0.5, 0.6) is 0 Å². The van der Waals surface area contributed by atoms with Gasteiger partial charge in [-0.15, -0.1) is 0 Å². The molecule has 2 rings (SSSR count). The van der Waals surface area contributed by atoms with E-state index in [0.29, 0.717) is 24.6 Å². The molecule has 25 heavy (non-hydrogen) atoms. The van der Waals surface area contributed by atoms with E-state index in [1.807, 2.05) is 24.3 Å². The topological polar surface area (TPSA) is 73.8 Å². The van der Waals surface area contributed by atoms with Crippen molar-refractivity contribution in [3.05, 3.63) is 35.4 Å². The average Bonchev–Trinajstić information content (AvgIpc) is 3.01. The van der Waals surface area contributed by atoms with Crippen LogP contribution in [0.4, 0.5) is 0 Å². The first-order valence-corrected chi connectivity index (χ1v) is 8.95. The van der Waals surface area contributed by atoms with Crippen molar-refractivity contribution in [1.82, 2.24) is 15.6 Å². The second kappa shape index (κ2) is 9.32. The minimum absolute atomic E-state index is 0.0653. The van der Waals surface area contributed by atoms with Gasteiger partial charge in [0.2, 0.25) is 5.91 Å². The van der Waals surface area contributed by atoms with E-state index in [1.54, 1.807) is 6.21 Å². The van der Waals surface area contributed by atoms with Crippen molar-refractivity contribution in [3.63, 3.8) is 0 Å². The number of hydrogen-bond donors (Lipinski definition) is 2. The first kappa shape index (κ1) is 19.1. The lowest BCUT2D eigenvalue weighted by atomic mass is 10.0. The molecule has 136 valence electrons. The van der Waals surface area contributed by atoms with Gasteiger partial charge in [0.25, 0.3) is 5.91 Å². The Morgan fingerprint density at radius 2 is 2.04 bits per heavy atom. The number of nitrogens with one attached hydrogen (secondary N) is 2. The number of nitrogens with zero attached hydrogens (tertiary/aromatic N) is 2. The fraction of sp³-hybridized carbons (Fsp3) is 0.526. The second-order valence-electron chi connectivity index (χ2n) is 6.61. The number of carbonyl (C=O) groups is 2. The highest BCUT2D eigenvalue weighted by atomic mass is 16.2. The van der Waals surface area contributed by atoms with Crippen molar-refractivity contribution in [3.8, 4) is 0 Å². The summed E-state index contributed by atoms with van der Waals surface area (Å²) in [6, 6.07) is 8.27. The molecular weight excluding hydrogens is 316 g/mol. The lowest BCUT2D eigenvalue weighted by Gasteiger charge is -2.24. The Morgan fingerprint density at radius 3 is 2.60 bits per heavy atom. The molecule has 0 radical (unpaired) electrons. The molecule has 0 bridgehead atoms. The lowest BCUT2D eigenvalue weighted by Crippen LogP contribution is -2.30. The molecule has 0 aromatic heterocycles. The minimum Gasteiger partial charge on any atom is -0.352 e. The summed E-state index contributed by atoms with van der Waals surface area (Å²) in [5.74, 6) is -0.310. The number of hydrazone groups is 1. The number of amides is 2. The minimum atomic E-state index is -0.168. The summed E-state index contributed by atoms with van der Waals surface area (Å²) >= 11 is 0.